The van der Waals surface area contributed by atoms with Crippen molar-refractivity contribution in [3.8, 4) is 0 Å². The van der Waals surface area contributed by atoms with Gasteiger partial charge in [0.25, 0.3) is 0 Å². The SMILES string of the molecule is Cl[IH]Cl.N. The molecule has 4 heavy (non-hydrogen) atoms. The first-order valence-electron chi connectivity index (χ1n) is 0.309. The first kappa shape index (κ1) is 8.99. The van der Waals surface area contributed by atoms with E-state index in [-0.39, 0.29) is 6.15 Å². The molecule has 0 aromatic rings. The quantitative estimate of drug-likeness (QED) is 0.618. The Hall–Kier alpha value is 1.27. The van der Waals surface area contributed by atoms with E-state index in [4.69, 9.17) is 17.8 Å². The normalized spacial score (nSPS) is 5.50. The Morgan fingerprint density at radius 1 is 1.25 bits per heavy atom. The Labute approximate surface area is 42.9 Å². The van der Waals surface area contributed by atoms with Gasteiger partial charge >= 0.3 is 36.8 Å². The van der Waals surface area contributed by atoms with Crippen LogP contribution < -0.4 is 6.15 Å². The van der Waals surface area contributed by atoms with E-state index in [1.54, 1.807) is 0 Å². The van der Waals surface area contributed by atoms with E-state index in [1.807, 2.05) is 0 Å². The summed E-state index contributed by atoms with van der Waals surface area (Å²) in [6, 6.07) is 0. The van der Waals surface area contributed by atoms with Gasteiger partial charge in [0.1, 0.15) is 0 Å². The molecule has 0 fully saturated rings. The van der Waals surface area contributed by atoms with Crippen LogP contribution in [-0.2, 0) is 0 Å². The minimum atomic E-state index is -0.586. The van der Waals surface area contributed by atoms with Crippen molar-refractivity contribution >= 4 is 36.8 Å². The van der Waals surface area contributed by atoms with Crippen molar-refractivity contribution in [1.82, 2.24) is 6.15 Å². The average molecular weight is 216 g/mol. The van der Waals surface area contributed by atoms with Gasteiger partial charge in [-0.15, -0.1) is 0 Å². The second-order valence-electron chi connectivity index (χ2n) is 0.0583. The van der Waals surface area contributed by atoms with Crippen molar-refractivity contribution in [2.75, 3.05) is 0 Å². The van der Waals surface area contributed by atoms with Crippen LogP contribution in [0, 0.1) is 0 Å². The summed E-state index contributed by atoms with van der Waals surface area (Å²) < 4.78 is 0. The van der Waals surface area contributed by atoms with E-state index in [9.17, 15) is 0 Å². The molecule has 0 aliphatic heterocycles. The Morgan fingerprint density at radius 2 is 1.25 bits per heavy atom. The van der Waals surface area contributed by atoms with Crippen LogP contribution >= 0.6 is 36.8 Å². The average Bonchev–Trinajstić information content (AvgIpc) is 0.918. The van der Waals surface area contributed by atoms with Gasteiger partial charge in [-0.05, 0) is 0 Å². The van der Waals surface area contributed by atoms with Gasteiger partial charge in [-0.1, -0.05) is 0 Å². The van der Waals surface area contributed by atoms with Gasteiger partial charge in [0, 0.05) is 0 Å². The second kappa shape index (κ2) is 8.86. The molecule has 0 aliphatic rings. The monoisotopic (exact) mass is 215 g/mol. The van der Waals surface area contributed by atoms with Crippen molar-refractivity contribution in [3.05, 3.63) is 0 Å². The van der Waals surface area contributed by atoms with Crippen LogP contribution in [0.15, 0.2) is 0 Å². The standard InChI is InChI=1S/Cl2HI.H3N/c1-3-2;/h3H;1H3. The van der Waals surface area contributed by atoms with Crippen molar-refractivity contribution in [3.63, 3.8) is 0 Å². The van der Waals surface area contributed by atoms with E-state index in [0.717, 1.165) is 0 Å². The van der Waals surface area contributed by atoms with Crippen molar-refractivity contribution in [1.29, 1.82) is 0 Å². The van der Waals surface area contributed by atoms with Gasteiger partial charge in [0.15, 0.2) is 0 Å². The van der Waals surface area contributed by atoms with E-state index in [0.29, 0.717) is 0 Å². The van der Waals surface area contributed by atoms with Gasteiger partial charge in [-0.3, -0.25) is 0 Å². The van der Waals surface area contributed by atoms with Crippen molar-refractivity contribution < 1.29 is 0 Å². The zero-order chi connectivity index (χ0) is 2.71. The van der Waals surface area contributed by atoms with Gasteiger partial charge < -0.3 is 6.15 Å². The molecule has 0 heterocycles. The number of hydrogen-bond donors (Lipinski definition) is 1. The summed E-state index contributed by atoms with van der Waals surface area (Å²) in [5.41, 5.74) is 0. The van der Waals surface area contributed by atoms with Crippen LogP contribution in [0.3, 0.4) is 0 Å². The van der Waals surface area contributed by atoms with Crippen LogP contribution in [0.1, 0.15) is 0 Å². The predicted molar refractivity (Wildman–Crippen MR) is 32.1 cm³/mol. The Kier molecular flexibility index (Phi) is 19.9. The molecule has 0 bridgehead atoms. The largest absolute Gasteiger partial charge is 0.344 e. The Bertz CT molecular complexity index is 6.00. The first-order valence-corrected chi connectivity index (χ1v) is 6.21. The smallest absolute Gasteiger partial charge is 0.344 e. The molecule has 0 saturated heterocycles. The fraction of sp³-hybridized carbons (Fsp3) is 0. The predicted octanol–water partition coefficient (Wildman–Crippen LogP) is 2.16. The fourth-order valence-corrected chi connectivity index (χ4v) is 0. The molecule has 0 aromatic heterocycles. The molecular weight excluding hydrogens is 212 g/mol. The van der Waals surface area contributed by atoms with Crippen molar-refractivity contribution in [2.45, 2.75) is 0 Å². The van der Waals surface area contributed by atoms with Crippen LogP contribution in [-0.4, -0.2) is 0 Å². The summed E-state index contributed by atoms with van der Waals surface area (Å²) in [4.78, 5) is 0. The summed E-state index contributed by atoms with van der Waals surface area (Å²) in [5, 5.41) is 0. The zero-order valence-electron chi connectivity index (χ0n) is 1.87. The molecule has 4 heteroatoms. The van der Waals surface area contributed by atoms with Crippen LogP contribution in [0.25, 0.3) is 0 Å². The third-order valence-corrected chi connectivity index (χ3v) is 0. The molecule has 0 saturated carbocycles. The molecule has 0 amide bonds. The third kappa shape index (κ3) is 10.4. The van der Waals surface area contributed by atoms with E-state index < -0.39 is 18.9 Å². The number of rotatable bonds is 0. The summed E-state index contributed by atoms with van der Waals surface area (Å²) in [6.07, 6.45) is 0. The molecule has 0 spiro atoms. The summed E-state index contributed by atoms with van der Waals surface area (Å²) in [7, 11) is 9.79. The minimum Gasteiger partial charge on any atom is -0.344 e. The zero-order valence-corrected chi connectivity index (χ0v) is 5.71. The summed E-state index contributed by atoms with van der Waals surface area (Å²) >= 11 is -0.586. The third-order valence-electron chi connectivity index (χ3n) is 0. The first-order chi connectivity index (χ1) is 1.41. The number of hydrogen-bond acceptors (Lipinski definition) is 1. The Morgan fingerprint density at radius 3 is 1.25 bits per heavy atom. The summed E-state index contributed by atoms with van der Waals surface area (Å²) in [6.45, 7) is 0. The molecule has 0 unspecified atom stereocenters. The van der Waals surface area contributed by atoms with E-state index in [2.05, 4.69) is 0 Å². The molecule has 1 nitrogen and oxygen atoms in total. The molecule has 0 aliphatic carbocycles. The second-order valence-corrected chi connectivity index (χ2v) is 3.52. The van der Waals surface area contributed by atoms with E-state index >= 15 is 0 Å². The Balaban J connectivity index is 0. The number of halogens is 3. The van der Waals surface area contributed by atoms with Gasteiger partial charge in [0.2, 0.25) is 0 Å². The molecule has 0 radical (unpaired) electrons. The maximum atomic E-state index is 4.89. The molecule has 0 aromatic carbocycles. The maximum absolute atomic E-state index is 4.89. The van der Waals surface area contributed by atoms with Gasteiger partial charge in [-0.2, -0.15) is 0 Å². The minimum absolute atomic E-state index is 0. The molecule has 30 valence electrons. The van der Waals surface area contributed by atoms with Crippen LogP contribution in [0.5, 0.6) is 0 Å². The fourth-order valence-electron chi connectivity index (χ4n) is 0. The van der Waals surface area contributed by atoms with Crippen LogP contribution in [0.4, 0.5) is 0 Å². The van der Waals surface area contributed by atoms with Crippen LogP contribution in [0.2, 0.25) is 0 Å². The summed E-state index contributed by atoms with van der Waals surface area (Å²) in [5.74, 6) is 0. The maximum Gasteiger partial charge on any atom is -0.344 e. The van der Waals surface area contributed by atoms with Crippen molar-refractivity contribution in [2.24, 2.45) is 0 Å². The van der Waals surface area contributed by atoms with Gasteiger partial charge in [-0.25, -0.2) is 0 Å². The van der Waals surface area contributed by atoms with E-state index in [1.165, 1.54) is 0 Å². The molecule has 3 N–H and O–H groups in total. The topological polar surface area (TPSA) is 35.0 Å². The molecular formula is H4Cl2IN. The molecule has 0 atom stereocenters. The van der Waals surface area contributed by atoms with Gasteiger partial charge in [0.05, 0.1) is 0 Å². The molecule has 0 rings (SSSR count).